The van der Waals surface area contributed by atoms with Crippen LogP contribution in [-0.4, -0.2) is 9.80 Å². The van der Waals surface area contributed by atoms with Gasteiger partial charge >= 0.3 is 25.2 Å². The minimum atomic E-state index is -0.0480. The summed E-state index contributed by atoms with van der Waals surface area (Å²) in [5, 5.41) is 0. The summed E-state index contributed by atoms with van der Waals surface area (Å²) in [6, 6.07) is 57.4. The van der Waals surface area contributed by atoms with Crippen LogP contribution in [0.15, 0.2) is 158 Å². The Labute approximate surface area is 305 Å². The molecular weight excluding hydrogens is 668 g/mol. The van der Waals surface area contributed by atoms with Crippen molar-refractivity contribution in [2.75, 3.05) is 0 Å². The Morgan fingerprint density at radius 1 is 0.408 bits per heavy atom. The van der Waals surface area contributed by atoms with Crippen molar-refractivity contribution in [3.63, 3.8) is 0 Å². The van der Waals surface area contributed by atoms with Gasteiger partial charge in [0, 0.05) is 0 Å². The van der Waals surface area contributed by atoms with Gasteiger partial charge < -0.3 is 0 Å². The second-order valence-corrected chi connectivity index (χ2v) is 12.9. The molecule has 1 fully saturated rings. The number of hydrogen-bond donors (Lipinski definition) is 0. The third-order valence-corrected chi connectivity index (χ3v) is 9.90. The molecule has 6 aromatic carbocycles. The molecule has 1 aliphatic heterocycles. The topological polar surface area (TPSA) is 6.48 Å². The quantitative estimate of drug-likeness (QED) is 0.145. The molecule has 250 valence electrons. The van der Waals surface area contributed by atoms with E-state index in [4.69, 9.17) is 0 Å². The SMILES string of the molecule is Cc1ccccc1C(c1ccccc1C)N1[C]N(C(c2ccccc2C)c2ccccc2C)[C@@H](c2ccccc2)[C@@H]1c1ccccc1.[Cl][Cu]. The normalized spacial score (nSPS) is 16.5. The maximum atomic E-state index is 4.20. The first-order valence-corrected chi connectivity index (χ1v) is 18.1. The van der Waals surface area contributed by atoms with Crippen molar-refractivity contribution < 1.29 is 15.1 Å². The van der Waals surface area contributed by atoms with E-state index in [9.17, 15) is 0 Å². The molecule has 0 unspecified atom stereocenters. The molecule has 0 spiro atoms. The van der Waals surface area contributed by atoms with Gasteiger partial charge in [-0.1, -0.05) is 158 Å². The molecular formula is C45H42ClCuN2. The van der Waals surface area contributed by atoms with E-state index in [0.29, 0.717) is 0 Å². The van der Waals surface area contributed by atoms with Gasteiger partial charge in [0.1, 0.15) is 6.67 Å². The molecule has 0 saturated carbocycles. The number of rotatable bonds is 8. The molecule has 4 heteroatoms. The van der Waals surface area contributed by atoms with E-state index >= 15 is 0 Å². The van der Waals surface area contributed by atoms with E-state index in [2.05, 4.69) is 227 Å². The predicted octanol–water partition coefficient (Wildman–Crippen LogP) is 11.6. The number of hydrogen-bond acceptors (Lipinski definition) is 2. The van der Waals surface area contributed by atoms with Crippen molar-refractivity contribution in [3.8, 4) is 0 Å². The fourth-order valence-electron chi connectivity index (χ4n) is 7.49. The molecule has 0 amide bonds. The molecule has 2 radical (unpaired) electrons. The van der Waals surface area contributed by atoms with Crippen LogP contribution in [0.4, 0.5) is 0 Å². The maximum absolute atomic E-state index is 4.20. The van der Waals surface area contributed by atoms with Gasteiger partial charge in [-0.3, -0.25) is 9.80 Å². The van der Waals surface area contributed by atoms with Crippen molar-refractivity contribution in [1.82, 2.24) is 9.80 Å². The summed E-state index contributed by atoms with van der Waals surface area (Å²) in [4.78, 5) is 5.09. The summed E-state index contributed by atoms with van der Waals surface area (Å²) in [7, 11) is 4.20. The minimum absolute atomic E-state index is 0.0154. The molecule has 1 heterocycles. The zero-order valence-corrected chi connectivity index (χ0v) is 30.1. The van der Waals surface area contributed by atoms with Gasteiger partial charge in [0.05, 0.1) is 24.2 Å². The predicted molar refractivity (Wildman–Crippen MR) is 200 cm³/mol. The second-order valence-electron chi connectivity index (χ2n) is 12.9. The number of aryl methyl sites for hydroxylation is 4. The van der Waals surface area contributed by atoms with Gasteiger partial charge in [-0.05, 0) is 83.3 Å². The molecule has 0 aliphatic carbocycles. The zero-order valence-electron chi connectivity index (χ0n) is 28.4. The molecule has 1 saturated heterocycles. The Bertz CT molecular complexity index is 1730. The first-order chi connectivity index (χ1) is 24.0. The van der Waals surface area contributed by atoms with Crippen LogP contribution in [-0.2, 0) is 15.1 Å². The van der Waals surface area contributed by atoms with E-state index in [0.717, 1.165) is 0 Å². The van der Waals surface area contributed by atoms with Crippen LogP contribution in [0.2, 0.25) is 0 Å². The third kappa shape index (κ3) is 7.19. The van der Waals surface area contributed by atoms with Gasteiger partial charge in [-0.15, -0.1) is 0 Å². The van der Waals surface area contributed by atoms with Crippen molar-refractivity contribution in [3.05, 3.63) is 220 Å². The van der Waals surface area contributed by atoms with Crippen molar-refractivity contribution in [2.24, 2.45) is 0 Å². The van der Waals surface area contributed by atoms with Crippen LogP contribution < -0.4 is 0 Å². The molecule has 2 nitrogen and oxygen atoms in total. The van der Waals surface area contributed by atoms with Crippen LogP contribution in [0.1, 0.15) is 79.8 Å². The Hall–Kier alpha value is -3.95. The molecule has 0 aromatic heterocycles. The van der Waals surface area contributed by atoms with Crippen LogP contribution in [0.5, 0.6) is 0 Å². The Kier molecular flexibility index (Phi) is 11.5. The van der Waals surface area contributed by atoms with E-state index in [1.54, 1.807) is 0 Å². The second kappa shape index (κ2) is 16.2. The van der Waals surface area contributed by atoms with Crippen LogP contribution >= 0.6 is 10.1 Å². The van der Waals surface area contributed by atoms with Gasteiger partial charge in [-0.2, -0.15) is 0 Å². The Morgan fingerprint density at radius 3 is 0.918 bits per heavy atom. The standard InChI is InChI=1S/C45H42N2.ClH.Cu/c1-32-19-11-15-27-38(32)44(39-28-16-12-20-33(39)2)46-31-47(43(37-25-9-6-10-26-37)42(46)36-23-7-5-8-24-36)45(40-29-17-13-21-34(40)3)41-30-18-14-22-35(41)4;;/h5-30,42-45H,1-4H3;1H;/q;;+1/p-1/t42-,43-;;/m0../s1. The van der Waals surface area contributed by atoms with Crippen molar-refractivity contribution in [2.45, 2.75) is 51.9 Å². The summed E-state index contributed by atoms with van der Waals surface area (Å²) >= 11 is 3.66. The van der Waals surface area contributed by atoms with E-state index < -0.39 is 0 Å². The van der Waals surface area contributed by atoms with Gasteiger partial charge in [0.2, 0.25) is 0 Å². The molecule has 0 N–H and O–H groups in total. The average molecular weight is 710 g/mol. The molecule has 6 aromatic rings. The average Bonchev–Trinajstić information content (AvgIpc) is 3.53. The monoisotopic (exact) mass is 708 g/mol. The summed E-state index contributed by atoms with van der Waals surface area (Å²) in [6.45, 7) is 13.1. The third-order valence-electron chi connectivity index (χ3n) is 9.90. The summed E-state index contributed by atoms with van der Waals surface area (Å²) in [5.41, 5.74) is 12.8. The molecule has 2 atom stereocenters. The van der Waals surface area contributed by atoms with E-state index in [-0.39, 0.29) is 24.2 Å². The van der Waals surface area contributed by atoms with Crippen molar-refractivity contribution in [1.29, 1.82) is 0 Å². The van der Waals surface area contributed by atoms with Crippen LogP contribution in [0.25, 0.3) is 0 Å². The van der Waals surface area contributed by atoms with E-state index in [1.807, 2.05) is 0 Å². The van der Waals surface area contributed by atoms with Gasteiger partial charge in [-0.25, -0.2) is 0 Å². The van der Waals surface area contributed by atoms with E-state index in [1.165, 1.54) is 55.6 Å². The van der Waals surface area contributed by atoms with Crippen molar-refractivity contribution >= 4 is 10.1 Å². The Morgan fingerprint density at radius 2 is 0.653 bits per heavy atom. The number of halogens is 1. The first kappa shape index (κ1) is 34.9. The summed E-state index contributed by atoms with van der Waals surface area (Å²) in [5.74, 6) is 0. The Balaban J connectivity index is 0.00000205. The fourth-order valence-corrected chi connectivity index (χ4v) is 7.49. The van der Waals surface area contributed by atoms with Gasteiger partial charge in [0.15, 0.2) is 0 Å². The number of benzene rings is 6. The molecule has 1 aliphatic rings. The number of nitrogens with zero attached hydrogens (tertiary/aromatic N) is 2. The fraction of sp³-hybridized carbons (Fsp3) is 0.178. The van der Waals surface area contributed by atoms with Crippen LogP contribution in [0, 0.1) is 34.4 Å². The molecule has 0 bridgehead atoms. The molecule has 49 heavy (non-hydrogen) atoms. The summed E-state index contributed by atoms with van der Waals surface area (Å²) in [6.07, 6.45) is 0. The first-order valence-electron chi connectivity index (χ1n) is 16.8. The summed E-state index contributed by atoms with van der Waals surface area (Å²) < 4.78 is 0. The zero-order chi connectivity index (χ0) is 34.3. The van der Waals surface area contributed by atoms with Gasteiger partial charge in [0.25, 0.3) is 0 Å². The molecule has 7 rings (SSSR count). The van der Waals surface area contributed by atoms with Crippen LogP contribution in [0.3, 0.4) is 0 Å².